The Labute approximate surface area is 168 Å². The summed E-state index contributed by atoms with van der Waals surface area (Å²) >= 11 is 0. The number of guanidine groups is 1. The molecule has 0 unspecified atom stereocenters. The minimum absolute atomic E-state index is 0. The zero-order valence-corrected chi connectivity index (χ0v) is 17.9. The zero-order valence-electron chi connectivity index (χ0n) is 15.6. The van der Waals surface area contributed by atoms with Crippen molar-refractivity contribution < 1.29 is 4.74 Å². The second kappa shape index (κ2) is 13.3. The third-order valence-corrected chi connectivity index (χ3v) is 4.22. The monoisotopic (exact) mass is 464 g/mol. The molecule has 1 aromatic heterocycles. The number of rotatable bonds is 9. The lowest BCUT2D eigenvalue weighted by Crippen LogP contribution is -2.38. The molecule has 0 spiro atoms. The predicted molar refractivity (Wildman–Crippen MR) is 112 cm³/mol. The van der Waals surface area contributed by atoms with E-state index in [2.05, 4.69) is 37.3 Å². The molecule has 2 rings (SSSR count). The first-order valence-corrected chi connectivity index (χ1v) is 9.28. The molecule has 1 aliphatic heterocycles. The fraction of sp³-hybridized carbons (Fsp3) is 0.824. The highest BCUT2D eigenvalue weighted by molar-refractivity contribution is 14.0. The lowest BCUT2D eigenvalue weighted by Gasteiger charge is -2.12. The molecule has 25 heavy (non-hydrogen) atoms. The summed E-state index contributed by atoms with van der Waals surface area (Å²) in [5.41, 5.74) is 0. The Hall–Kier alpha value is -0.900. The molecule has 8 heteroatoms. The van der Waals surface area contributed by atoms with Crippen LogP contribution in [0.3, 0.4) is 0 Å². The Morgan fingerprint density at radius 3 is 2.80 bits per heavy atom. The van der Waals surface area contributed by atoms with Crippen LogP contribution in [0.4, 0.5) is 0 Å². The quantitative estimate of drug-likeness (QED) is 0.254. The molecule has 144 valence electrons. The van der Waals surface area contributed by atoms with E-state index in [9.17, 15) is 0 Å². The van der Waals surface area contributed by atoms with Crippen LogP contribution in [0.15, 0.2) is 4.99 Å². The van der Waals surface area contributed by atoms with Gasteiger partial charge in [0.1, 0.15) is 5.82 Å². The molecule has 0 saturated carbocycles. The molecule has 0 bridgehead atoms. The maximum Gasteiger partial charge on any atom is 0.191 e. The fourth-order valence-electron chi connectivity index (χ4n) is 2.79. The van der Waals surface area contributed by atoms with Crippen LogP contribution >= 0.6 is 24.0 Å². The van der Waals surface area contributed by atoms with Crippen LogP contribution in [0.5, 0.6) is 0 Å². The van der Waals surface area contributed by atoms with Crippen molar-refractivity contribution in [2.24, 2.45) is 4.99 Å². The number of aromatic nitrogens is 3. The zero-order chi connectivity index (χ0) is 17.0. The van der Waals surface area contributed by atoms with E-state index in [1.165, 1.54) is 25.7 Å². The smallest absolute Gasteiger partial charge is 0.191 e. The number of halogens is 1. The fourth-order valence-corrected chi connectivity index (χ4v) is 2.79. The lowest BCUT2D eigenvalue weighted by atomic mass is 10.2. The summed E-state index contributed by atoms with van der Waals surface area (Å²) in [6.45, 7) is 6.36. The van der Waals surface area contributed by atoms with Gasteiger partial charge in [-0.25, -0.2) is 0 Å². The summed E-state index contributed by atoms with van der Waals surface area (Å²) < 4.78 is 7.82. The average Bonchev–Trinajstić information content (AvgIpc) is 2.83. The van der Waals surface area contributed by atoms with Crippen molar-refractivity contribution in [3.05, 3.63) is 11.6 Å². The number of nitrogens with one attached hydrogen (secondary N) is 2. The Balaban J connectivity index is 0.00000312. The van der Waals surface area contributed by atoms with Crippen molar-refractivity contribution >= 4 is 29.9 Å². The lowest BCUT2D eigenvalue weighted by molar-refractivity contribution is 0.129. The molecular formula is C17H33IN6O. The molecule has 0 atom stereocenters. The highest BCUT2D eigenvalue weighted by Crippen LogP contribution is 2.14. The number of hydrogen-bond donors (Lipinski definition) is 2. The van der Waals surface area contributed by atoms with Gasteiger partial charge >= 0.3 is 0 Å². The van der Waals surface area contributed by atoms with E-state index in [1.807, 2.05) is 0 Å². The van der Waals surface area contributed by atoms with Gasteiger partial charge in [0.2, 0.25) is 0 Å². The summed E-state index contributed by atoms with van der Waals surface area (Å²) in [4.78, 5) is 4.26. The minimum Gasteiger partial charge on any atom is -0.381 e. The molecular weight excluding hydrogens is 431 g/mol. The molecule has 1 aliphatic rings. The van der Waals surface area contributed by atoms with Crippen molar-refractivity contribution in [3.63, 3.8) is 0 Å². The van der Waals surface area contributed by atoms with Gasteiger partial charge in [0, 0.05) is 39.8 Å². The van der Waals surface area contributed by atoms with Crippen LogP contribution in [0.2, 0.25) is 0 Å². The van der Waals surface area contributed by atoms with E-state index >= 15 is 0 Å². The van der Waals surface area contributed by atoms with Gasteiger partial charge < -0.3 is 19.9 Å². The van der Waals surface area contributed by atoms with E-state index in [0.29, 0.717) is 6.54 Å². The van der Waals surface area contributed by atoms with Crippen LogP contribution in [0.1, 0.15) is 57.1 Å². The number of unbranched alkanes of at least 4 members (excludes halogenated alkanes) is 1. The summed E-state index contributed by atoms with van der Waals surface area (Å²) in [6.07, 6.45) is 8.04. The van der Waals surface area contributed by atoms with Gasteiger partial charge in [0.15, 0.2) is 11.8 Å². The van der Waals surface area contributed by atoms with E-state index in [0.717, 1.165) is 63.2 Å². The molecule has 0 saturated heterocycles. The Kier molecular flexibility index (Phi) is 11.8. The first-order valence-electron chi connectivity index (χ1n) is 9.28. The number of ether oxygens (including phenoxy) is 1. The van der Waals surface area contributed by atoms with Crippen molar-refractivity contribution in [1.29, 1.82) is 0 Å². The summed E-state index contributed by atoms with van der Waals surface area (Å²) in [5.74, 6) is 2.92. The number of aryl methyl sites for hydroxylation is 1. The number of aliphatic imine (C=N–C) groups is 1. The Morgan fingerprint density at radius 2 is 2.00 bits per heavy atom. The van der Waals surface area contributed by atoms with Gasteiger partial charge in [-0.1, -0.05) is 19.8 Å². The van der Waals surface area contributed by atoms with Gasteiger partial charge in [-0.15, -0.1) is 34.2 Å². The summed E-state index contributed by atoms with van der Waals surface area (Å²) in [5, 5.41) is 15.3. The largest absolute Gasteiger partial charge is 0.381 e. The molecule has 2 heterocycles. The maximum atomic E-state index is 5.56. The van der Waals surface area contributed by atoms with E-state index in [1.54, 1.807) is 7.05 Å². The van der Waals surface area contributed by atoms with E-state index in [-0.39, 0.29) is 24.0 Å². The van der Waals surface area contributed by atoms with Gasteiger partial charge in [-0.2, -0.15) is 0 Å². The van der Waals surface area contributed by atoms with Crippen LogP contribution in [0.25, 0.3) is 0 Å². The van der Waals surface area contributed by atoms with Crippen molar-refractivity contribution in [3.8, 4) is 0 Å². The molecule has 1 aromatic rings. The average molecular weight is 464 g/mol. The van der Waals surface area contributed by atoms with Crippen molar-refractivity contribution in [1.82, 2.24) is 25.4 Å². The maximum absolute atomic E-state index is 5.56. The molecule has 0 aromatic carbocycles. The number of nitrogens with zero attached hydrogens (tertiary/aromatic N) is 4. The molecule has 0 aliphatic carbocycles. The van der Waals surface area contributed by atoms with Crippen molar-refractivity contribution in [2.45, 2.75) is 65.0 Å². The predicted octanol–water partition coefficient (Wildman–Crippen LogP) is 2.49. The molecule has 0 fully saturated rings. The number of hydrogen-bond acceptors (Lipinski definition) is 4. The first kappa shape index (κ1) is 22.1. The topological polar surface area (TPSA) is 76.4 Å². The standard InChI is InChI=1S/C17H32N6O.HI/c1-3-4-12-24-13-8-10-19-17(18-2)20-14-16-22-21-15-9-6-5-7-11-23(15)16;/h3-14H2,1-2H3,(H2,18,19,20);1H. The molecule has 0 amide bonds. The normalized spacial score (nSPS) is 14.4. The Morgan fingerprint density at radius 1 is 1.16 bits per heavy atom. The van der Waals surface area contributed by atoms with Gasteiger partial charge in [-0.3, -0.25) is 4.99 Å². The van der Waals surface area contributed by atoms with Gasteiger partial charge in [0.25, 0.3) is 0 Å². The Bertz CT molecular complexity index is 505. The first-order chi connectivity index (χ1) is 11.8. The van der Waals surface area contributed by atoms with E-state index in [4.69, 9.17) is 4.74 Å². The van der Waals surface area contributed by atoms with Crippen LogP contribution < -0.4 is 10.6 Å². The third kappa shape index (κ3) is 7.89. The van der Waals surface area contributed by atoms with Gasteiger partial charge in [0.05, 0.1) is 6.54 Å². The van der Waals surface area contributed by atoms with Gasteiger partial charge in [-0.05, 0) is 25.7 Å². The van der Waals surface area contributed by atoms with Crippen molar-refractivity contribution in [2.75, 3.05) is 26.8 Å². The second-order valence-electron chi connectivity index (χ2n) is 6.17. The van der Waals surface area contributed by atoms with Crippen LogP contribution in [-0.4, -0.2) is 47.5 Å². The van der Waals surface area contributed by atoms with Crippen LogP contribution in [-0.2, 0) is 24.2 Å². The summed E-state index contributed by atoms with van der Waals surface area (Å²) in [7, 11) is 1.79. The molecule has 0 radical (unpaired) electrons. The highest BCUT2D eigenvalue weighted by atomic mass is 127. The van der Waals surface area contributed by atoms with E-state index < -0.39 is 0 Å². The molecule has 7 nitrogen and oxygen atoms in total. The van der Waals surface area contributed by atoms with Crippen LogP contribution in [0, 0.1) is 0 Å². The number of fused-ring (bicyclic) bond motifs is 1. The summed E-state index contributed by atoms with van der Waals surface area (Å²) in [6, 6.07) is 0. The third-order valence-electron chi connectivity index (χ3n) is 4.22. The molecule has 2 N–H and O–H groups in total. The SMILES string of the molecule is CCCCOCCCNC(=NC)NCc1nnc2n1CCCCC2.I. The minimum atomic E-state index is 0. The second-order valence-corrected chi connectivity index (χ2v) is 6.17. The highest BCUT2D eigenvalue weighted by Gasteiger charge is 2.14.